The highest BCUT2D eigenvalue weighted by Crippen LogP contribution is 2.45. The van der Waals surface area contributed by atoms with Crippen molar-refractivity contribution in [3.8, 4) is 33.7 Å². The van der Waals surface area contributed by atoms with Gasteiger partial charge in [-0.1, -0.05) is 121 Å². The van der Waals surface area contributed by atoms with E-state index < -0.39 is 0 Å². The van der Waals surface area contributed by atoms with Crippen LogP contribution in [0.15, 0.2) is 191 Å². The fourth-order valence-electron chi connectivity index (χ4n) is 7.30. The zero-order chi connectivity index (χ0) is 33.7. The van der Waals surface area contributed by atoms with Crippen LogP contribution in [0.25, 0.3) is 77.5 Å². The Hall–Kier alpha value is -6.91. The highest BCUT2D eigenvalue weighted by atomic mass is 16.4. The van der Waals surface area contributed by atoms with Crippen LogP contribution in [-0.4, -0.2) is 4.98 Å². The van der Waals surface area contributed by atoms with Gasteiger partial charge in [0.2, 0.25) is 5.89 Å². The summed E-state index contributed by atoms with van der Waals surface area (Å²) in [6.07, 6.45) is 0. The summed E-state index contributed by atoms with van der Waals surface area (Å²) in [4.78, 5) is 7.28. The smallest absolute Gasteiger partial charge is 0.227 e. The summed E-state index contributed by atoms with van der Waals surface area (Å²) in [5, 5.41) is 4.37. The first-order chi connectivity index (χ1) is 25.3. The number of para-hydroxylation sites is 1. The molecular weight excluding hydrogens is 625 g/mol. The quantitative estimate of drug-likeness (QED) is 0.179. The van der Waals surface area contributed by atoms with E-state index in [0.717, 1.165) is 61.2 Å². The maximum Gasteiger partial charge on any atom is 0.227 e. The molecule has 2 aromatic heterocycles. The van der Waals surface area contributed by atoms with Crippen LogP contribution in [0.4, 0.5) is 17.1 Å². The molecule has 240 valence electrons. The first-order valence-corrected chi connectivity index (χ1v) is 17.1. The molecule has 0 aliphatic rings. The third kappa shape index (κ3) is 4.96. The van der Waals surface area contributed by atoms with Gasteiger partial charge in [-0.05, 0) is 82.1 Å². The highest BCUT2D eigenvalue weighted by molar-refractivity contribution is 6.17. The Morgan fingerprint density at radius 2 is 1.06 bits per heavy atom. The van der Waals surface area contributed by atoms with Gasteiger partial charge >= 0.3 is 0 Å². The molecule has 2 heterocycles. The number of hydrogen-bond acceptors (Lipinski definition) is 4. The van der Waals surface area contributed by atoms with Crippen LogP contribution < -0.4 is 4.90 Å². The molecule has 8 aromatic carbocycles. The Balaban J connectivity index is 1.16. The second-order valence-electron chi connectivity index (χ2n) is 12.7. The van der Waals surface area contributed by atoms with E-state index in [1.165, 1.54) is 27.5 Å². The molecule has 0 aliphatic carbocycles. The SMILES string of the molecule is c1ccc(-c2ccc(N(c3ccc4c(c3)oc3ccc5oc(-c6ccccc6)nc5c34)c3ccccc3-c3cccc4ccccc34)cc2)cc1. The van der Waals surface area contributed by atoms with Crippen molar-refractivity contribution in [3.05, 3.63) is 182 Å². The fraction of sp³-hybridized carbons (Fsp3) is 0. The Labute approximate surface area is 294 Å². The number of oxazole rings is 1. The molecule has 0 fully saturated rings. The molecule has 0 atom stereocenters. The monoisotopic (exact) mass is 654 g/mol. The van der Waals surface area contributed by atoms with Crippen molar-refractivity contribution < 1.29 is 8.83 Å². The lowest BCUT2D eigenvalue weighted by Crippen LogP contribution is -2.11. The molecule has 10 aromatic rings. The van der Waals surface area contributed by atoms with Gasteiger partial charge in [-0.25, -0.2) is 4.98 Å². The Bertz CT molecular complexity index is 2850. The summed E-state index contributed by atoms with van der Waals surface area (Å²) >= 11 is 0. The van der Waals surface area contributed by atoms with E-state index in [1.807, 2.05) is 48.5 Å². The minimum atomic E-state index is 0.597. The van der Waals surface area contributed by atoms with Crippen molar-refractivity contribution in [3.63, 3.8) is 0 Å². The molecule has 0 amide bonds. The van der Waals surface area contributed by atoms with Crippen molar-refractivity contribution in [2.45, 2.75) is 0 Å². The molecule has 0 spiro atoms. The number of furan rings is 1. The van der Waals surface area contributed by atoms with Crippen LogP contribution in [0.2, 0.25) is 0 Å². The summed E-state index contributed by atoms with van der Waals surface area (Å²) in [5.74, 6) is 0.597. The lowest BCUT2D eigenvalue weighted by molar-refractivity contribution is 0.619. The number of aromatic nitrogens is 1. The van der Waals surface area contributed by atoms with E-state index in [9.17, 15) is 0 Å². The van der Waals surface area contributed by atoms with Crippen molar-refractivity contribution >= 4 is 60.9 Å². The second kappa shape index (κ2) is 11.9. The zero-order valence-corrected chi connectivity index (χ0v) is 27.5. The summed E-state index contributed by atoms with van der Waals surface area (Å²) in [5.41, 5.74) is 11.8. The Morgan fingerprint density at radius 1 is 0.412 bits per heavy atom. The van der Waals surface area contributed by atoms with Gasteiger partial charge in [0, 0.05) is 34.0 Å². The molecule has 0 saturated heterocycles. The summed E-state index contributed by atoms with van der Waals surface area (Å²) < 4.78 is 12.8. The second-order valence-corrected chi connectivity index (χ2v) is 12.7. The maximum atomic E-state index is 6.58. The van der Waals surface area contributed by atoms with Gasteiger partial charge in [-0.2, -0.15) is 0 Å². The molecular formula is C47H30N2O2. The van der Waals surface area contributed by atoms with Crippen LogP contribution >= 0.6 is 0 Å². The first kappa shape index (κ1) is 29.0. The maximum absolute atomic E-state index is 6.58. The third-order valence-electron chi connectivity index (χ3n) is 9.71. The number of anilines is 3. The van der Waals surface area contributed by atoms with Crippen molar-refractivity contribution in [1.29, 1.82) is 0 Å². The lowest BCUT2D eigenvalue weighted by atomic mass is 9.96. The fourth-order valence-corrected chi connectivity index (χ4v) is 7.30. The zero-order valence-electron chi connectivity index (χ0n) is 27.5. The standard InChI is InChI=1S/C47H30N2O2/c1-3-12-31(13-4-1)32-22-24-35(25-23-32)49(41-21-10-9-19-39(41)38-20-11-17-33-14-7-8-18-37(33)38)36-26-27-40-44(30-36)50-42-28-29-43-46(45(40)42)48-47(51-43)34-15-5-2-6-16-34/h1-30H. The molecule has 0 unspecified atom stereocenters. The molecule has 0 radical (unpaired) electrons. The third-order valence-corrected chi connectivity index (χ3v) is 9.71. The minimum Gasteiger partial charge on any atom is -0.456 e. The number of benzene rings is 8. The van der Waals surface area contributed by atoms with Gasteiger partial charge in [-0.3, -0.25) is 0 Å². The van der Waals surface area contributed by atoms with Crippen LogP contribution in [0.3, 0.4) is 0 Å². The number of hydrogen-bond donors (Lipinski definition) is 0. The summed E-state index contributed by atoms with van der Waals surface area (Å²) in [7, 11) is 0. The van der Waals surface area contributed by atoms with Crippen molar-refractivity contribution in [1.82, 2.24) is 4.98 Å². The number of fused-ring (bicyclic) bond motifs is 6. The predicted octanol–water partition coefficient (Wildman–Crippen LogP) is 13.4. The van der Waals surface area contributed by atoms with Gasteiger partial charge in [0.25, 0.3) is 0 Å². The van der Waals surface area contributed by atoms with E-state index in [0.29, 0.717) is 5.89 Å². The molecule has 0 N–H and O–H groups in total. The van der Waals surface area contributed by atoms with Crippen molar-refractivity contribution in [2.75, 3.05) is 4.90 Å². The van der Waals surface area contributed by atoms with Gasteiger partial charge in [0.05, 0.1) is 11.1 Å². The molecule has 0 aliphatic heterocycles. The van der Waals surface area contributed by atoms with Gasteiger partial charge < -0.3 is 13.7 Å². The summed E-state index contributed by atoms with van der Waals surface area (Å²) in [6.45, 7) is 0. The number of nitrogens with zero attached hydrogens (tertiary/aromatic N) is 2. The molecule has 0 saturated carbocycles. The van der Waals surface area contributed by atoms with Gasteiger partial charge in [0.15, 0.2) is 5.58 Å². The van der Waals surface area contributed by atoms with E-state index in [1.54, 1.807) is 0 Å². The predicted molar refractivity (Wildman–Crippen MR) is 210 cm³/mol. The van der Waals surface area contributed by atoms with Crippen molar-refractivity contribution in [2.24, 2.45) is 0 Å². The number of rotatable bonds is 6. The van der Waals surface area contributed by atoms with Crippen LogP contribution in [-0.2, 0) is 0 Å². The van der Waals surface area contributed by atoms with Gasteiger partial charge in [-0.15, -0.1) is 0 Å². The van der Waals surface area contributed by atoms with Gasteiger partial charge in [0.1, 0.15) is 16.7 Å². The highest BCUT2D eigenvalue weighted by Gasteiger charge is 2.21. The van der Waals surface area contributed by atoms with Crippen LogP contribution in [0, 0.1) is 0 Å². The molecule has 4 nitrogen and oxygen atoms in total. The summed E-state index contributed by atoms with van der Waals surface area (Å²) in [6, 6.07) is 63.5. The van der Waals surface area contributed by atoms with E-state index in [4.69, 9.17) is 13.8 Å². The van der Waals surface area contributed by atoms with E-state index >= 15 is 0 Å². The average Bonchev–Trinajstić information content (AvgIpc) is 3.81. The van der Waals surface area contributed by atoms with E-state index in [-0.39, 0.29) is 0 Å². The normalized spacial score (nSPS) is 11.5. The minimum absolute atomic E-state index is 0.597. The molecule has 51 heavy (non-hydrogen) atoms. The molecule has 10 rings (SSSR count). The first-order valence-electron chi connectivity index (χ1n) is 17.1. The van der Waals surface area contributed by atoms with Crippen LogP contribution in [0.1, 0.15) is 0 Å². The topological polar surface area (TPSA) is 42.4 Å². The van der Waals surface area contributed by atoms with Crippen LogP contribution in [0.5, 0.6) is 0 Å². The Morgan fingerprint density at radius 3 is 1.90 bits per heavy atom. The van der Waals surface area contributed by atoms with E-state index in [2.05, 4.69) is 138 Å². The molecule has 0 bridgehead atoms. The average molecular weight is 655 g/mol. The Kier molecular flexibility index (Phi) is 6.78. The largest absolute Gasteiger partial charge is 0.456 e. The molecule has 4 heteroatoms. The lowest BCUT2D eigenvalue weighted by Gasteiger charge is -2.28.